The Morgan fingerprint density at radius 3 is 2.45 bits per heavy atom. The van der Waals surface area contributed by atoms with Gasteiger partial charge >= 0.3 is 5.97 Å². The molecule has 0 spiro atoms. The van der Waals surface area contributed by atoms with Crippen LogP contribution in [-0.2, 0) is 4.79 Å². The minimum atomic E-state index is -0.929. The van der Waals surface area contributed by atoms with E-state index < -0.39 is 10.9 Å². The summed E-state index contributed by atoms with van der Waals surface area (Å²) < 4.78 is 0. The van der Waals surface area contributed by atoms with Crippen molar-refractivity contribution in [3.8, 4) is 0 Å². The lowest BCUT2D eigenvalue weighted by molar-refractivity contribution is -0.384. The molecular formula is C13H19N3O4. The number of hydrogen-bond donors (Lipinski definition) is 1. The summed E-state index contributed by atoms with van der Waals surface area (Å²) >= 11 is 0. The minimum absolute atomic E-state index is 0.00846. The highest BCUT2D eigenvalue weighted by Crippen LogP contribution is 2.24. The summed E-state index contributed by atoms with van der Waals surface area (Å²) in [6.07, 6.45) is 0. The number of nitrogens with zero attached hydrogens (tertiary/aromatic N) is 3. The highest BCUT2D eigenvalue weighted by atomic mass is 16.6. The summed E-state index contributed by atoms with van der Waals surface area (Å²) in [4.78, 5) is 24.9. The molecule has 1 rings (SSSR count). The third-order valence-corrected chi connectivity index (χ3v) is 2.88. The van der Waals surface area contributed by atoms with Crippen LogP contribution in [0.3, 0.4) is 0 Å². The van der Waals surface area contributed by atoms with E-state index in [-0.39, 0.29) is 12.2 Å². The van der Waals surface area contributed by atoms with Crippen LogP contribution in [0.4, 0.5) is 11.4 Å². The number of rotatable bonds is 7. The average Bonchev–Trinajstić information content (AvgIpc) is 2.33. The van der Waals surface area contributed by atoms with Crippen LogP contribution in [0.1, 0.15) is 5.56 Å². The molecule has 0 bridgehead atoms. The molecular weight excluding hydrogens is 262 g/mol. The van der Waals surface area contributed by atoms with Crippen molar-refractivity contribution in [1.29, 1.82) is 0 Å². The lowest BCUT2D eigenvalue weighted by atomic mass is 10.1. The van der Waals surface area contributed by atoms with Gasteiger partial charge in [-0.15, -0.1) is 0 Å². The molecule has 0 heterocycles. The number of nitro benzene ring substituents is 1. The van der Waals surface area contributed by atoms with E-state index in [1.165, 1.54) is 12.1 Å². The summed E-state index contributed by atoms with van der Waals surface area (Å²) in [5.41, 5.74) is 1.41. The number of likely N-dealkylation sites (N-methyl/N-ethyl adjacent to an activating group) is 1. The van der Waals surface area contributed by atoms with Crippen LogP contribution in [0.2, 0.25) is 0 Å². The van der Waals surface area contributed by atoms with Crippen LogP contribution in [0.15, 0.2) is 18.2 Å². The number of aryl methyl sites for hydroxylation is 1. The molecule has 0 fully saturated rings. The first-order valence-corrected chi connectivity index (χ1v) is 6.17. The van der Waals surface area contributed by atoms with Crippen molar-refractivity contribution in [2.45, 2.75) is 6.92 Å². The van der Waals surface area contributed by atoms with Gasteiger partial charge in [0.1, 0.15) is 6.54 Å². The molecule has 0 saturated heterocycles. The highest BCUT2D eigenvalue weighted by Gasteiger charge is 2.15. The maximum absolute atomic E-state index is 11.0. The monoisotopic (exact) mass is 281 g/mol. The molecule has 0 saturated carbocycles. The zero-order valence-corrected chi connectivity index (χ0v) is 11.9. The molecule has 0 aliphatic heterocycles. The number of non-ortho nitro benzene ring substituents is 1. The normalized spacial score (nSPS) is 10.6. The van der Waals surface area contributed by atoms with E-state index in [1.807, 2.05) is 19.0 Å². The first kappa shape index (κ1) is 15.9. The Hall–Kier alpha value is -2.15. The summed E-state index contributed by atoms with van der Waals surface area (Å²) in [6.45, 7) is 2.85. The van der Waals surface area contributed by atoms with Gasteiger partial charge in [-0.1, -0.05) is 0 Å². The van der Waals surface area contributed by atoms with Gasteiger partial charge in [-0.3, -0.25) is 14.9 Å². The Morgan fingerprint density at radius 2 is 2.00 bits per heavy atom. The molecule has 1 N–H and O–H groups in total. The van der Waals surface area contributed by atoms with Gasteiger partial charge in [0, 0.05) is 30.9 Å². The highest BCUT2D eigenvalue weighted by molar-refractivity contribution is 5.74. The predicted molar refractivity (Wildman–Crippen MR) is 76.2 cm³/mol. The summed E-state index contributed by atoms with van der Waals surface area (Å²) in [7, 11) is 3.81. The molecule has 20 heavy (non-hydrogen) atoms. The standard InChI is InChI=1S/C13H19N3O4/c1-10-8-11(16(19)20)4-5-12(10)15(9-13(17)18)7-6-14(2)3/h4-5,8H,6-7,9H2,1-3H3,(H,17,18). The fourth-order valence-corrected chi connectivity index (χ4v) is 1.88. The Kier molecular flexibility index (Phi) is 5.45. The molecule has 0 atom stereocenters. The largest absolute Gasteiger partial charge is 0.480 e. The molecule has 0 aliphatic rings. The lowest BCUT2D eigenvalue weighted by Crippen LogP contribution is -2.36. The number of carboxylic acids is 1. The predicted octanol–water partition coefficient (Wildman–Crippen LogP) is 1.36. The quantitative estimate of drug-likeness (QED) is 0.599. The Balaban J connectivity index is 3.00. The second-order valence-electron chi connectivity index (χ2n) is 4.85. The van der Waals surface area contributed by atoms with Crippen LogP contribution >= 0.6 is 0 Å². The topological polar surface area (TPSA) is 86.9 Å². The van der Waals surface area contributed by atoms with Crippen LogP contribution in [0.5, 0.6) is 0 Å². The molecule has 0 unspecified atom stereocenters. The molecule has 7 heteroatoms. The number of carboxylic acid groups (broad SMARTS) is 1. The van der Waals surface area contributed by atoms with Gasteiger partial charge < -0.3 is 14.9 Å². The summed E-state index contributed by atoms with van der Waals surface area (Å²) in [6, 6.07) is 4.46. The third kappa shape index (κ3) is 4.51. The fraction of sp³-hybridized carbons (Fsp3) is 0.462. The van der Waals surface area contributed by atoms with E-state index >= 15 is 0 Å². The zero-order valence-electron chi connectivity index (χ0n) is 11.9. The molecule has 0 aromatic heterocycles. The Labute approximate surface area is 117 Å². The second-order valence-corrected chi connectivity index (χ2v) is 4.85. The van der Waals surface area contributed by atoms with Crippen molar-refractivity contribution in [1.82, 2.24) is 4.90 Å². The van der Waals surface area contributed by atoms with Gasteiger partial charge in [0.25, 0.3) is 5.69 Å². The van der Waals surface area contributed by atoms with Crippen molar-refractivity contribution in [3.63, 3.8) is 0 Å². The first-order chi connectivity index (χ1) is 9.31. The van der Waals surface area contributed by atoms with E-state index in [0.717, 1.165) is 0 Å². The number of nitro groups is 1. The van der Waals surface area contributed by atoms with Gasteiger partial charge in [0.2, 0.25) is 0 Å². The van der Waals surface area contributed by atoms with Crippen molar-refractivity contribution in [3.05, 3.63) is 33.9 Å². The maximum Gasteiger partial charge on any atom is 0.323 e. The Morgan fingerprint density at radius 1 is 1.35 bits per heavy atom. The molecule has 1 aromatic carbocycles. The van der Waals surface area contributed by atoms with E-state index in [9.17, 15) is 14.9 Å². The number of carbonyl (C=O) groups is 1. The maximum atomic E-state index is 11.0. The summed E-state index contributed by atoms with van der Waals surface area (Å²) in [5, 5.41) is 19.7. The lowest BCUT2D eigenvalue weighted by Gasteiger charge is -2.26. The van der Waals surface area contributed by atoms with Crippen molar-refractivity contribution >= 4 is 17.3 Å². The van der Waals surface area contributed by atoms with Gasteiger partial charge in [-0.2, -0.15) is 0 Å². The van der Waals surface area contributed by atoms with Gasteiger partial charge in [-0.05, 0) is 32.6 Å². The molecule has 110 valence electrons. The number of benzene rings is 1. The SMILES string of the molecule is Cc1cc([N+](=O)[O-])ccc1N(CCN(C)C)CC(=O)O. The van der Waals surface area contributed by atoms with Crippen LogP contribution in [0, 0.1) is 17.0 Å². The van der Waals surface area contributed by atoms with Crippen molar-refractivity contribution < 1.29 is 14.8 Å². The van der Waals surface area contributed by atoms with Gasteiger partial charge in [-0.25, -0.2) is 0 Å². The molecule has 7 nitrogen and oxygen atoms in total. The minimum Gasteiger partial charge on any atom is -0.480 e. The van der Waals surface area contributed by atoms with Crippen molar-refractivity contribution in [2.75, 3.05) is 38.6 Å². The molecule has 0 aliphatic carbocycles. The number of aliphatic carboxylic acids is 1. The molecule has 1 aromatic rings. The number of hydrogen-bond acceptors (Lipinski definition) is 5. The van der Waals surface area contributed by atoms with E-state index in [4.69, 9.17) is 5.11 Å². The van der Waals surface area contributed by atoms with E-state index in [0.29, 0.717) is 24.3 Å². The smallest absolute Gasteiger partial charge is 0.323 e. The average molecular weight is 281 g/mol. The van der Waals surface area contributed by atoms with E-state index in [1.54, 1.807) is 17.9 Å². The zero-order chi connectivity index (χ0) is 15.3. The number of anilines is 1. The summed E-state index contributed by atoms with van der Waals surface area (Å²) in [5.74, 6) is -0.929. The third-order valence-electron chi connectivity index (χ3n) is 2.88. The second kappa shape index (κ2) is 6.85. The Bertz CT molecular complexity index is 502. The van der Waals surface area contributed by atoms with Crippen LogP contribution < -0.4 is 4.90 Å². The van der Waals surface area contributed by atoms with Crippen LogP contribution in [0.25, 0.3) is 0 Å². The van der Waals surface area contributed by atoms with Crippen molar-refractivity contribution in [2.24, 2.45) is 0 Å². The van der Waals surface area contributed by atoms with Gasteiger partial charge in [0.15, 0.2) is 0 Å². The van der Waals surface area contributed by atoms with Gasteiger partial charge in [0.05, 0.1) is 4.92 Å². The fourth-order valence-electron chi connectivity index (χ4n) is 1.88. The first-order valence-electron chi connectivity index (χ1n) is 6.17. The van der Waals surface area contributed by atoms with E-state index in [2.05, 4.69) is 0 Å². The molecule has 0 amide bonds. The molecule has 0 radical (unpaired) electrons. The van der Waals surface area contributed by atoms with Crippen LogP contribution in [-0.4, -0.2) is 54.6 Å².